The zero-order chi connectivity index (χ0) is 16.2. The van der Waals surface area contributed by atoms with Crippen LogP contribution in [0.1, 0.15) is 32.8 Å². The van der Waals surface area contributed by atoms with E-state index in [1.807, 2.05) is 38.1 Å². The van der Waals surface area contributed by atoms with Crippen molar-refractivity contribution in [2.45, 2.75) is 39.8 Å². The van der Waals surface area contributed by atoms with Gasteiger partial charge in [-0.1, -0.05) is 12.1 Å². The second-order valence-electron chi connectivity index (χ2n) is 5.25. The van der Waals surface area contributed by atoms with Gasteiger partial charge in [0.2, 0.25) is 0 Å². The van der Waals surface area contributed by atoms with Gasteiger partial charge in [0.05, 0.1) is 19.8 Å². The molecule has 0 spiro atoms. The van der Waals surface area contributed by atoms with E-state index >= 15 is 0 Å². The smallest absolute Gasteiger partial charge is 0.191 e. The Labute approximate surface area is 157 Å². The van der Waals surface area contributed by atoms with E-state index in [1.165, 1.54) is 0 Å². The van der Waals surface area contributed by atoms with Crippen molar-refractivity contribution in [3.63, 3.8) is 0 Å². The van der Waals surface area contributed by atoms with E-state index in [0.29, 0.717) is 6.54 Å². The summed E-state index contributed by atoms with van der Waals surface area (Å²) in [7, 11) is 1.67. The van der Waals surface area contributed by atoms with Gasteiger partial charge in [0.15, 0.2) is 5.96 Å². The maximum absolute atomic E-state index is 5.52. The van der Waals surface area contributed by atoms with Crippen molar-refractivity contribution in [3.05, 3.63) is 29.8 Å². The highest BCUT2D eigenvalue weighted by Crippen LogP contribution is 2.13. The molecule has 0 bridgehead atoms. The van der Waals surface area contributed by atoms with E-state index in [1.54, 1.807) is 7.11 Å². The lowest BCUT2D eigenvalue weighted by Crippen LogP contribution is -2.38. The van der Waals surface area contributed by atoms with E-state index in [4.69, 9.17) is 9.47 Å². The van der Waals surface area contributed by atoms with E-state index < -0.39 is 0 Å². The number of nitrogens with zero attached hydrogens (tertiary/aromatic N) is 1. The maximum atomic E-state index is 5.52. The van der Waals surface area contributed by atoms with Gasteiger partial charge >= 0.3 is 0 Å². The lowest BCUT2D eigenvalue weighted by atomic mass is 10.2. The molecule has 0 aliphatic rings. The molecular weight excluding hydrogens is 405 g/mol. The van der Waals surface area contributed by atoms with Gasteiger partial charge < -0.3 is 20.1 Å². The van der Waals surface area contributed by atoms with Gasteiger partial charge in [-0.25, -0.2) is 4.99 Å². The Kier molecular flexibility index (Phi) is 12.8. The summed E-state index contributed by atoms with van der Waals surface area (Å²) < 4.78 is 10.8. The number of aliphatic imine (C=N–C) groups is 1. The summed E-state index contributed by atoms with van der Waals surface area (Å²) in [5.74, 6) is 1.69. The molecule has 0 fully saturated rings. The van der Waals surface area contributed by atoms with Crippen LogP contribution in [0, 0.1) is 0 Å². The monoisotopic (exact) mass is 435 g/mol. The normalized spacial score (nSPS) is 11.1. The zero-order valence-electron chi connectivity index (χ0n) is 14.6. The average Bonchev–Trinajstić information content (AvgIpc) is 2.52. The minimum Gasteiger partial charge on any atom is -0.497 e. The van der Waals surface area contributed by atoms with Crippen LogP contribution in [0.3, 0.4) is 0 Å². The SMILES string of the molecule is CCNC(=NCc1cccc(OC)c1)NCCCOC(C)C.I. The van der Waals surface area contributed by atoms with Crippen molar-refractivity contribution in [2.24, 2.45) is 4.99 Å². The molecule has 5 nitrogen and oxygen atoms in total. The molecule has 0 amide bonds. The Balaban J connectivity index is 0.00000484. The Morgan fingerprint density at radius 3 is 2.70 bits per heavy atom. The summed E-state index contributed by atoms with van der Waals surface area (Å²) >= 11 is 0. The second kappa shape index (κ2) is 13.4. The molecule has 0 aromatic heterocycles. The fourth-order valence-corrected chi connectivity index (χ4v) is 1.88. The van der Waals surface area contributed by atoms with Crippen LogP contribution in [0.25, 0.3) is 0 Å². The summed E-state index contributed by atoms with van der Waals surface area (Å²) in [6.07, 6.45) is 1.25. The van der Waals surface area contributed by atoms with E-state index in [2.05, 4.69) is 22.5 Å². The summed E-state index contributed by atoms with van der Waals surface area (Å²) in [5.41, 5.74) is 1.12. The largest absolute Gasteiger partial charge is 0.497 e. The minimum absolute atomic E-state index is 0. The Hall–Kier alpha value is -1.02. The highest BCUT2D eigenvalue weighted by molar-refractivity contribution is 14.0. The van der Waals surface area contributed by atoms with Crippen LogP contribution in [-0.2, 0) is 11.3 Å². The quantitative estimate of drug-likeness (QED) is 0.271. The summed E-state index contributed by atoms with van der Waals surface area (Å²) in [5, 5.41) is 6.57. The van der Waals surface area contributed by atoms with Gasteiger partial charge in [-0.05, 0) is 44.9 Å². The Bertz CT molecular complexity index is 453. The first-order valence-electron chi connectivity index (χ1n) is 7.92. The number of rotatable bonds is 9. The molecule has 0 aliphatic heterocycles. The predicted octanol–water partition coefficient (Wildman–Crippen LogP) is 3.18. The molecule has 1 rings (SSSR count). The number of ether oxygens (including phenoxy) is 2. The van der Waals surface area contributed by atoms with Crippen molar-refractivity contribution in [2.75, 3.05) is 26.8 Å². The standard InChI is InChI=1S/C17H29N3O2.HI/c1-5-18-17(19-10-7-11-22-14(2)3)20-13-15-8-6-9-16(12-15)21-4;/h6,8-9,12,14H,5,7,10-11,13H2,1-4H3,(H2,18,19,20);1H. The first kappa shape index (κ1) is 22.0. The predicted molar refractivity (Wildman–Crippen MR) is 107 cm³/mol. The van der Waals surface area contributed by atoms with Crippen molar-refractivity contribution in [1.29, 1.82) is 0 Å². The molecule has 0 atom stereocenters. The number of methoxy groups -OCH3 is 1. The second-order valence-corrected chi connectivity index (χ2v) is 5.25. The summed E-state index contributed by atoms with van der Waals surface area (Å²) in [4.78, 5) is 4.59. The van der Waals surface area contributed by atoms with E-state index in [9.17, 15) is 0 Å². The van der Waals surface area contributed by atoms with Crippen LogP contribution in [-0.4, -0.2) is 38.9 Å². The van der Waals surface area contributed by atoms with Crippen LogP contribution in [0.4, 0.5) is 0 Å². The fourth-order valence-electron chi connectivity index (χ4n) is 1.88. The van der Waals surface area contributed by atoms with E-state index in [0.717, 1.165) is 43.4 Å². The number of benzene rings is 1. The van der Waals surface area contributed by atoms with Gasteiger partial charge in [-0.3, -0.25) is 0 Å². The number of halogens is 1. The Morgan fingerprint density at radius 1 is 1.26 bits per heavy atom. The number of hydrogen-bond donors (Lipinski definition) is 2. The summed E-state index contributed by atoms with van der Waals surface area (Å²) in [6, 6.07) is 7.97. The highest BCUT2D eigenvalue weighted by Gasteiger charge is 1.99. The molecule has 1 aromatic carbocycles. The zero-order valence-corrected chi connectivity index (χ0v) is 16.9. The van der Waals surface area contributed by atoms with Gasteiger partial charge in [-0.15, -0.1) is 24.0 Å². The lowest BCUT2D eigenvalue weighted by molar-refractivity contribution is 0.0776. The van der Waals surface area contributed by atoms with Crippen LogP contribution in [0.15, 0.2) is 29.3 Å². The van der Waals surface area contributed by atoms with Crippen molar-refractivity contribution >= 4 is 29.9 Å². The lowest BCUT2D eigenvalue weighted by Gasteiger charge is -2.12. The topological polar surface area (TPSA) is 54.9 Å². The van der Waals surface area contributed by atoms with Gasteiger partial charge in [-0.2, -0.15) is 0 Å². The molecule has 0 radical (unpaired) electrons. The molecular formula is C17H30IN3O2. The molecule has 23 heavy (non-hydrogen) atoms. The van der Waals surface area contributed by atoms with Crippen LogP contribution in [0.2, 0.25) is 0 Å². The third-order valence-electron chi connectivity index (χ3n) is 2.96. The molecule has 1 aromatic rings. The van der Waals surface area contributed by atoms with Crippen molar-refractivity contribution in [1.82, 2.24) is 10.6 Å². The molecule has 0 heterocycles. The number of guanidine groups is 1. The molecule has 0 unspecified atom stereocenters. The minimum atomic E-state index is 0. The maximum Gasteiger partial charge on any atom is 0.191 e. The molecule has 0 aliphatic carbocycles. The van der Waals surface area contributed by atoms with E-state index in [-0.39, 0.29) is 30.1 Å². The Morgan fingerprint density at radius 2 is 2.04 bits per heavy atom. The highest BCUT2D eigenvalue weighted by atomic mass is 127. The first-order valence-corrected chi connectivity index (χ1v) is 7.92. The van der Waals surface area contributed by atoms with Crippen LogP contribution >= 0.6 is 24.0 Å². The molecule has 0 saturated carbocycles. The van der Waals surface area contributed by atoms with Gasteiger partial charge in [0.25, 0.3) is 0 Å². The molecule has 2 N–H and O–H groups in total. The third-order valence-corrected chi connectivity index (χ3v) is 2.96. The molecule has 0 saturated heterocycles. The average molecular weight is 435 g/mol. The van der Waals surface area contributed by atoms with Crippen LogP contribution < -0.4 is 15.4 Å². The third kappa shape index (κ3) is 10.4. The van der Waals surface area contributed by atoms with Crippen molar-refractivity contribution < 1.29 is 9.47 Å². The van der Waals surface area contributed by atoms with Gasteiger partial charge in [0, 0.05) is 19.7 Å². The van der Waals surface area contributed by atoms with Crippen molar-refractivity contribution in [3.8, 4) is 5.75 Å². The number of hydrogen-bond acceptors (Lipinski definition) is 3. The number of nitrogens with one attached hydrogen (secondary N) is 2. The molecule has 6 heteroatoms. The van der Waals surface area contributed by atoms with Crippen LogP contribution in [0.5, 0.6) is 5.75 Å². The first-order chi connectivity index (χ1) is 10.7. The fraction of sp³-hybridized carbons (Fsp3) is 0.588. The summed E-state index contributed by atoms with van der Waals surface area (Å²) in [6.45, 7) is 9.23. The molecule has 132 valence electrons. The van der Waals surface area contributed by atoms with Gasteiger partial charge in [0.1, 0.15) is 5.75 Å².